The molecule has 2 heterocycles. The van der Waals surface area contributed by atoms with Gasteiger partial charge in [0.25, 0.3) is 0 Å². The van der Waals surface area contributed by atoms with Crippen molar-refractivity contribution in [3.8, 4) is 69.0 Å². The third-order valence-corrected chi connectivity index (χ3v) is 9.55. The molecule has 0 bridgehead atoms. The number of phenolic OH excluding ortho intramolecular Hbond substituents is 7. The number of halogens is 1. The Morgan fingerprint density at radius 3 is 1.94 bits per heavy atom. The number of phenols is 7. The number of aromatic nitrogens is 1. The lowest BCUT2D eigenvalue weighted by molar-refractivity contribution is -0.0189. The summed E-state index contributed by atoms with van der Waals surface area (Å²) in [5, 5.41) is 70.4. The molecule has 7 rings (SSSR count). The van der Waals surface area contributed by atoms with Gasteiger partial charge in [-0.3, -0.25) is 4.98 Å². The summed E-state index contributed by atoms with van der Waals surface area (Å²) in [7, 11) is 0. The number of esters is 1. The topological polar surface area (TPSA) is 227 Å². The van der Waals surface area contributed by atoms with Crippen LogP contribution in [0.3, 0.4) is 0 Å². The van der Waals surface area contributed by atoms with Gasteiger partial charge in [0, 0.05) is 47.7 Å². The van der Waals surface area contributed by atoms with E-state index in [1.807, 2.05) is 64.2 Å². The Kier molecular flexibility index (Phi) is 15.1. The van der Waals surface area contributed by atoms with E-state index in [0.29, 0.717) is 38.4 Å². The third kappa shape index (κ3) is 10.4. The highest BCUT2D eigenvalue weighted by molar-refractivity contribution is 5.91. The van der Waals surface area contributed by atoms with Crippen LogP contribution in [-0.4, -0.2) is 79.2 Å². The Bertz CT molecular complexity index is 2510. The number of carbonyl (C=O) groups is 1. The molecule has 1 aliphatic rings. The minimum Gasteiger partial charge on any atom is -0.508 e. The molecule has 62 heavy (non-hydrogen) atoms. The highest BCUT2D eigenvalue weighted by Gasteiger charge is 2.37. The van der Waals surface area contributed by atoms with Gasteiger partial charge in [0.05, 0.1) is 37.7 Å². The number of benzene rings is 5. The fourth-order valence-corrected chi connectivity index (χ4v) is 6.80. The number of pyridine rings is 1. The molecule has 328 valence electrons. The number of carbonyl (C=O) groups excluding carboxylic acids is 1. The van der Waals surface area contributed by atoms with Gasteiger partial charge in [-0.15, -0.1) is 12.4 Å². The zero-order chi connectivity index (χ0) is 43.8. The molecule has 0 saturated heterocycles. The Morgan fingerprint density at radius 2 is 1.29 bits per heavy atom. The number of hydrogen-bond donors (Lipinski definition) is 7. The van der Waals surface area contributed by atoms with Crippen molar-refractivity contribution in [2.24, 2.45) is 0 Å². The fourth-order valence-electron chi connectivity index (χ4n) is 6.80. The van der Waals surface area contributed by atoms with Crippen molar-refractivity contribution in [1.29, 1.82) is 0 Å². The van der Waals surface area contributed by atoms with E-state index >= 15 is 0 Å². The maximum absolute atomic E-state index is 12.7. The molecule has 0 saturated carbocycles. The Hall–Kier alpha value is -7.13. The van der Waals surface area contributed by atoms with Crippen LogP contribution in [0.2, 0.25) is 0 Å². The lowest BCUT2D eigenvalue weighted by atomic mass is 9.93. The second-order valence-corrected chi connectivity index (χ2v) is 13.7. The Morgan fingerprint density at radius 1 is 0.661 bits per heavy atom. The minimum atomic E-state index is -1.06. The predicted molar refractivity (Wildman–Crippen MR) is 230 cm³/mol. The van der Waals surface area contributed by atoms with Gasteiger partial charge in [0.1, 0.15) is 23.4 Å². The van der Waals surface area contributed by atoms with E-state index in [1.54, 1.807) is 0 Å². The highest BCUT2D eigenvalue weighted by Crippen LogP contribution is 2.45. The molecule has 6 aromatic rings. The van der Waals surface area contributed by atoms with Crippen LogP contribution in [0.5, 0.6) is 69.0 Å². The summed E-state index contributed by atoms with van der Waals surface area (Å²) in [6.07, 6.45) is 0.399. The highest BCUT2D eigenvalue weighted by atomic mass is 35.5. The van der Waals surface area contributed by atoms with E-state index in [-0.39, 0.29) is 53.0 Å². The van der Waals surface area contributed by atoms with Crippen LogP contribution in [0, 0.1) is 0 Å². The number of fused-ring (bicyclic) bond motifs is 2. The summed E-state index contributed by atoms with van der Waals surface area (Å²) in [6, 6.07) is 20.2. The Labute approximate surface area is 363 Å². The van der Waals surface area contributed by atoms with Crippen molar-refractivity contribution >= 4 is 29.1 Å². The molecule has 1 aliphatic heterocycles. The van der Waals surface area contributed by atoms with E-state index in [4.69, 9.17) is 28.4 Å². The first kappa shape index (κ1) is 45.9. The molecule has 16 heteroatoms. The van der Waals surface area contributed by atoms with Crippen LogP contribution in [0.15, 0.2) is 85.1 Å². The molecule has 0 aliphatic carbocycles. The molecule has 0 fully saturated rings. The standard InChI is InChI=1S/C24H29NO4.C22H18O10.ClH/c1-5-26-21-10-9-17(14-22(21)27-6-2)13-20-19-16-24(29-8-4)23(28-7-3)15-18(19)11-12-25-20;23-11-6-14(25)12-8-19(32-22(30)10-4-16(27)20(29)17(28)5-10)21(31-18(12)7-11)9-1-2-13(24)15(26)3-9;/h9-12,14-16H,5-8,13H2,1-4H3;1-7,19,21,23-29H,8H2;1H. The van der Waals surface area contributed by atoms with Gasteiger partial charge in [-0.1, -0.05) is 12.1 Å². The van der Waals surface area contributed by atoms with Crippen molar-refractivity contribution in [3.63, 3.8) is 0 Å². The maximum atomic E-state index is 12.7. The summed E-state index contributed by atoms with van der Waals surface area (Å²) in [6.45, 7) is 10.3. The lowest BCUT2D eigenvalue weighted by Gasteiger charge is -2.34. The molecule has 2 unspecified atom stereocenters. The summed E-state index contributed by atoms with van der Waals surface area (Å²) in [5.41, 5.74) is 2.42. The van der Waals surface area contributed by atoms with Crippen molar-refractivity contribution < 1.29 is 69.0 Å². The molecule has 5 aromatic carbocycles. The van der Waals surface area contributed by atoms with Crippen molar-refractivity contribution in [3.05, 3.63) is 113 Å². The van der Waals surface area contributed by atoms with Gasteiger partial charge in [-0.05, 0) is 93.2 Å². The number of hydrogen-bond acceptors (Lipinski definition) is 15. The summed E-state index contributed by atoms with van der Waals surface area (Å²) in [4.78, 5) is 17.3. The molecule has 0 radical (unpaired) electrons. The van der Waals surface area contributed by atoms with Gasteiger partial charge < -0.3 is 64.2 Å². The smallest absolute Gasteiger partial charge is 0.338 e. The fraction of sp³-hybridized carbons (Fsp3) is 0.261. The zero-order valence-electron chi connectivity index (χ0n) is 34.3. The number of aromatic hydroxyl groups is 7. The monoisotopic (exact) mass is 873 g/mol. The molecular weight excluding hydrogens is 826 g/mol. The summed E-state index contributed by atoms with van der Waals surface area (Å²) >= 11 is 0. The largest absolute Gasteiger partial charge is 0.508 e. The van der Waals surface area contributed by atoms with Gasteiger partial charge >= 0.3 is 5.97 Å². The van der Waals surface area contributed by atoms with Crippen molar-refractivity contribution in [2.45, 2.75) is 52.7 Å². The summed E-state index contributed by atoms with van der Waals surface area (Å²) < 4.78 is 34.4. The van der Waals surface area contributed by atoms with Crippen LogP contribution in [0.4, 0.5) is 0 Å². The van der Waals surface area contributed by atoms with E-state index < -0.39 is 41.2 Å². The first-order chi connectivity index (χ1) is 29.3. The number of rotatable bonds is 13. The molecular formula is C46H48ClNO14. The van der Waals surface area contributed by atoms with Crippen LogP contribution in [0.25, 0.3) is 10.8 Å². The van der Waals surface area contributed by atoms with Gasteiger partial charge in [0.15, 0.2) is 57.8 Å². The van der Waals surface area contributed by atoms with E-state index in [9.17, 15) is 40.5 Å². The third-order valence-electron chi connectivity index (χ3n) is 9.55. The van der Waals surface area contributed by atoms with Gasteiger partial charge in [0.2, 0.25) is 0 Å². The molecule has 2 atom stereocenters. The average molecular weight is 874 g/mol. The van der Waals surface area contributed by atoms with E-state index in [1.165, 1.54) is 24.3 Å². The van der Waals surface area contributed by atoms with Crippen LogP contribution < -0.4 is 23.7 Å². The van der Waals surface area contributed by atoms with Crippen molar-refractivity contribution in [2.75, 3.05) is 26.4 Å². The Balaban J connectivity index is 0.000000232. The second kappa shape index (κ2) is 20.4. The van der Waals surface area contributed by atoms with Crippen LogP contribution in [0.1, 0.15) is 66.5 Å². The zero-order valence-corrected chi connectivity index (χ0v) is 35.1. The molecule has 0 amide bonds. The molecule has 7 N–H and O–H groups in total. The second-order valence-electron chi connectivity index (χ2n) is 13.7. The number of ether oxygens (including phenoxy) is 6. The quantitative estimate of drug-likeness (QED) is 0.0427. The van der Waals surface area contributed by atoms with E-state index in [0.717, 1.165) is 63.2 Å². The summed E-state index contributed by atoms with van der Waals surface area (Å²) in [5.74, 6) is -1.39. The number of nitrogens with zero attached hydrogens (tertiary/aromatic N) is 1. The van der Waals surface area contributed by atoms with Gasteiger partial charge in [-0.2, -0.15) is 0 Å². The molecule has 15 nitrogen and oxygen atoms in total. The first-order valence-corrected chi connectivity index (χ1v) is 19.6. The lowest BCUT2D eigenvalue weighted by Crippen LogP contribution is -2.34. The normalized spacial score (nSPS) is 13.9. The minimum absolute atomic E-state index is 0. The van der Waals surface area contributed by atoms with Crippen molar-refractivity contribution in [1.82, 2.24) is 4.98 Å². The first-order valence-electron chi connectivity index (χ1n) is 19.6. The van der Waals surface area contributed by atoms with Gasteiger partial charge in [-0.25, -0.2) is 4.79 Å². The van der Waals surface area contributed by atoms with Crippen LogP contribution >= 0.6 is 12.4 Å². The average Bonchev–Trinajstić information content (AvgIpc) is 3.22. The predicted octanol–water partition coefficient (Wildman–Crippen LogP) is 8.37. The SMILES string of the molecule is CCOc1ccc(Cc2nccc3cc(OCC)c(OCC)cc23)cc1OCC.Cl.O=C(OC1Cc2c(O)cc(O)cc2OC1c1ccc(O)c(O)c1)c1cc(O)c(O)c(O)c1. The maximum Gasteiger partial charge on any atom is 0.338 e. The van der Waals surface area contributed by atoms with E-state index in [2.05, 4.69) is 11.1 Å². The van der Waals surface area contributed by atoms with Crippen LogP contribution in [-0.2, 0) is 17.6 Å². The molecule has 1 aromatic heterocycles. The molecule has 0 spiro atoms.